The van der Waals surface area contributed by atoms with Crippen LogP contribution in [0.15, 0.2) is 42.6 Å². The van der Waals surface area contributed by atoms with Crippen molar-refractivity contribution < 1.29 is 13.5 Å². The zero-order valence-electron chi connectivity index (χ0n) is 11.1. The number of nitrogens with zero attached hydrogens (tertiary/aromatic N) is 1. The number of hydrogen-bond acceptors (Lipinski definition) is 4. The van der Waals surface area contributed by atoms with Crippen LogP contribution in [0.2, 0.25) is 0 Å². The van der Waals surface area contributed by atoms with Crippen molar-refractivity contribution in [3.05, 3.63) is 53.9 Å². The number of aryl methyl sites for hydroxylation is 2. The maximum Gasteiger partial charge on any atom is 0.233 e. The third kappa shape index (κ3) is 3.96. The Balaban J connectivity index is 2.04. The number of phenols is 1. The molecule has 0 saturated heterocycles. The van der Waals surface area contributed by atoms with Crippen LogP contribution < -0.4 is 4.72 Å². The van der Waals surface area contributed by atoms with E-state index in [1.54, 1.807) is 31.3 Å². The number of aromatic hydroxyl groups is 1. The molecule has 0 fully saturated rings. The molecule has 106 valence electrons. The van der Waals surface area contributed by atoms with E-state index >= 15 is 0 Å². The second kappa shape index (κ2) is 5.92. The highest BCUT2D eigenvalue weighted by atomic mass is 32.2. The molecule has 1 heterocycles. The maximum absolute atomic E-state index is 12.0. The molecule has 0 radical (unpaired) electrons. The molecule has 2 N–H and O–H groups in total. The van der Waals surface area contributed by atoms with Gasteiger partial charge in [0.2, 0.25) is 10.0 Å². The Bertz CT molecular complexity index is 685. The van der Waals surface area contributed by atoms with Crippen LogP contribution in [0.1, 0.15) is 11.3 Å². The molecule has 0 spiro atoms. The third-order valence-electron chi connectivity index (χ3n) is 2.83. The number of nitrogens with one attached hydrogen (secondary N) is 1. The van der Waals surface area contributed by atoms with Gasteiger partial charge >= 0.3 is 0 Å². The fourth-order valence-electron chi connectivity index (χ4n) is 1.77. The molecule has 0 bridgehead atoms. The van der Waals surface area contributed by atoms with Crippen LogP contribution in [0.3, 0.4) is 0 Å². The third-order valence-corrected chi connectivity index (χ3v) is 4.10. The summed E-state index contributed by atoms with van der Waals surface area (Å²) in [7, 11) is -3.44. The molecular weight excluding hydrogens is 276 g/mol. The van der Waals surface area contributed by atoms with Crippen molar-refractivity contribution in [1.82, 2.24) is 4.98 Å². The van der Waals surface area contributed by atoms with Gasteiger partial charge in [-0.3, -0.25) is 9.71 Å². The van der Waals surface area contributed by atoms with Gasteiger partial charge in [0.1, 0.15) is 5.75 Å². The van der Waals surface area contributed by atoms with Crippen LogP contribution in [0.5, 0.6) is 5.75 Å². The van der Waals surface area contributed by atoms with Crippen molar-refractivity contribution in [3.8, 4) is 5.75 Å². The van der Waals surface area contributed by atoms with Crippen molar-refractivity contribution in [2.24, 2.45) is 0 Å². The summed E-state index contributed by atoms with van der Waals surface area (Å²) in [4.78, 5) is 4.09. The van der Waals surface area contributed by atoms with Crippen LogP contribution in [0.4, 0.5) is 5.69 Å². The van der Waals surface area contributed by atoms with E-state index in [4.69, 9.17) is 0 Å². The van der Waals surface area contributed by atoms with Gasteiger partial charge in [-0.1, -0.05) is 6.07 Å². The van der Waals surface area contributed by atoms with E-state index in [2.05, 4.69) is 9.71 Å². The largest absolute Gasteiger partial charge is 0.508 e. The van der Waals surface area contributed by atoms with Crippen molar-refractivity contribution in [2.75, 3.05) is 10.5 Å². The minimum absolute atomic E-state index is 0.0374. The molecule has 0 aliphatic heterocycles. The zero-order valence-corrected chi connectivity index (χ0v) is 11.9. The molecule has 2 rings (SSSR count). The van der Waals surface area contributed by atoms with Gasteiger partial charge < -0.3 is 5.11 Å². The topological polar surface area (TPSA) is 79.3 Å². The van der Waals surface area contributed by atoms with Crippen LogP contribution in [0, 0.1) is 6.92 Å². The first kappa shape index (κ1) is 14.3. The number of sulfonamides is 1. The molecule has 6 heteroatoms. The van der Waals surface area contributed by atoms with Gasteiger partial charge in [0.05, 0.1) is 11.4 Å². The van der Waals surface area contributed by atoms with E-state index in [9.17, 15) is 13.5 Å². The van der Waals surface area contributed by atoms with E-state index in [0.717, 1.165) is 5.69 Å². The number of aromatic nitrogens is 1. The van der Waals surface area contributed by atoms with Crippen LogP contribution >= 0.6 is 0 Å². The monoisotopic (exact) mass is 292 g/mol. The number of benzene rings is 1. The van der Waals surface area contributed by atoms with Crippen molar-refractivity contribution in [3.63, 3.8) is 0 Å². The minimum atomic E-state index is -3.44. The Kier molecular flexibility index (Phi) is 4.24. The van der Waals surface area contributed by atoms with E-state index in [-0.39, 0.29) is 11.5 Å². The molecular formula is C14H16N2O3S. The summed E-state index contributed by atoms with van der Waals surface area (Å²) in [6.07, 6.45) is 1.99. The Morgan fingerprint density at radius 1 is 1.25 bits per heavy atom. The lowest BCUT2D eigenvalue weighted by Crippen LogP contribution is -2.19. The summed E-state index contributed by atoms with van der Waals surface area (Å²) in [6.45, 7) is 1.73. The second-order valence-electron chi connectivity index (χ2n) is 4.49. The van der Waals surface area contributed by atoms with Gasteiger partial charge in [0.15, 0.2) is 0 Å². The molecule has 20 heavy (non-hydrogen) atoms. The summed E-state index contributed by atoms with van der Waals surface area (Å²) in [5, 5.41) is 9.30. The lowest BCUT2D eigenvalue weighted by molar-refractivity contribution is 0.475. The number of rotatable bonds is 5. The first-order valence-electron chi connectivity index (χ1n) is 6.16. The number of phenolic OH excluding ortho intramolecular Hbond substituents is 1. The molecule has 2 aromatic rings. The number of anilines is 1. The van der Waals surface area contributed by atoms with Crippen molar-refractivity contribution in [2.45, 2.75) is 13.3 Å². The first-order chi connectivity index (χ1) is 9.46. The number of hydrogen-bond donors (Lipinski definition) is 2. The molecule has 0 unspecified atom stereocenters. The van der Waals surface area contributed by atoms with E-state index in [1.807, 2.05) is 6.07 Å². The first-order valence-corrected chi connectivity index (χ1v) is 7.81. The van der Waals surface area contributed by atoms with Crippen molar-refractivity contribution in [1.29, 1.82) is 0 Å². The molecule has 0 aliphatic carbocycles. The molecule has 5 nitrogen and oxygen atoms in total. The normalized spacial score (nSPS) is 11.2. The highest BCUT2D eigenvalue weighted by Gasteiger charge is 2.12. The van der Waals surface area contributed by atoms with Gasteiger partial charge in [-0.05, 0) is 42.8 Å². The van der Waals surface area contributed by atoms with E-state index in [0.29, 0.717) is 17.7 Å². The summed E-state index contributed by atoms with van der Waals surface area (Å²) in [5.74, 6) is 0.0728. The lowest BCUT2D eigenvalue weighted by atomic mass is 10.2. The standard InChI is InChI=1S/C14H16N2O3S/c1-11-10-13(17)5-6-14(11)16-20(18,19)9-7-12-4-2-3-8-15-12/h2-6,8,10,16-17H,7,9H2,1H3. The zero-order chi connectivity index (χ0) is 14.6. The summed E-state index contributed by atoms with van der Waals surface area (Å²) >= 11 is 0. The molecule has 0 saturated carbocycles. The van der Waals surface area contributed by atoms with Crippen molar-refractivity contribution >= 4 is 15.7 Å². The van der Waals surface area contributed by atoms with Gasteiger partial charge in [-0.2, -0.15) is 0 Å². The highest BCUT2D eigenvalue weighted by Crippen LogP contribution is 2.21. The molecule has 1 aromatic carbocycles. The summed E-state index contributed by atoms with van der Waals surface area (Å²) in [5.41, 5.74) is 1.88. The Morgan fingerprint density at radius 3 is 2.70 bits per heavy atom. The molecule has 0 amide bonds. The quantitative estimate of drug-likeness (QED) is 0.827. The Labute approximate surface area is 118 Å². The Morgan fingerprint density at radius 2 is 2.05 bits per heavy atom. The summed E-state index contributed by atoms with van der Waals surface area (Å²) < 4.78 is 26.5. The maximum atomic E-state index is 12.0. The highest BCUT2D eigenvalue weighted by molar-refractivity contribution is 7.92. The average molecular weight is 292 g/mol. The molecule has 1 aromatic heterocycles. The Hall–Kier alpha value is -2.08. The molecule has 0 aliphatic rings. The minimum Gasteiger partial charge on any atom is -0.508 e. The predicted octanol–water partition coefficient (Wildman–Crippen LogP) is 2.08. The van der Waals surface area contributed by atoms with Gasteiger partial charge in [-0.15, -0.1) is 0 Å². The van der Waals surface area contributed by atoms with E-state index < -0.39 is 10.0 Å². The average Bonchev–Trinajstić information content (AvgIpc) is 2.41. The van der Waals surface area contributed by atoms with Crippen LogP contribution in [-0.2, 0) is 16.4 Å². The predicted molar refractivity (Wildman–Crippen MR) is 78.2 cm³/mol. The van der Waals surface area contributed by atoms with Gasteiger partial charge in [0.25, 0.3) is 0 Å². The smallest absolute Gasteiger partial charge is 0.233 e. The van der Waals surface area contributed by atoms with Gasteiger partial charge in [-0.25, -0.2) is 8.42 Å². The summed E-state index contributed by atoms with van der Waals surface area (Å²) in [6, 6.07) is 9.91. The number of pyridine rings is 1. The molecule has 0 atom stereocenters. The fourth-order valence-corrected chi connectivity index (χ4v) is 2.91. The van der Waals surface area contributed by atoms with Gasteiger partial charge in [0, 0.05) is 18.3 Å². The van der Waals surface area contributed by atoms with E-state index in [1.165, 1.54) is 12.1 Å². The second-order valence-corrected chi connectivity index (χ2v) is 6.33. The lowest BCUT2D eigenvalue weighted by Gasteiger charge is -2.10. The van der Waals surface area contributed by atoms with Crippen LogP contribution in [-0.4, -0.2) is 24.3 Å². The fraction of sp³-hybridized carbons (Fsp3) is 0.214. The SMILES string of the molecule is Cc1cc(O)ccc1NS(=O)(=O)CCc1ccccn1. The van der Waals surface area contributed by atoms with Crippen LogP contribution in [0.25, 0.3) is 0 Å².